The minimum atomic E-state index is -0.199. The Hall–Kier alpha value is -1.39. The van der Waals surface area contributed by atoms with Crippen molar-refractivity contribution < 1.29 is 9.50 Å². The van der Waals surface area contributed by atoms with Crippen molar-refractivity contribution in [3.63, 3.8) is 0 Å². The molecule has 1 saturated heterocycles. The summed E-state index contributed by atoms with van der Waals surface area (Å²) in [7, 11) is 0. The number of benzene rings is 1. The molecule has 0 aromatic heterocycles. The maximum Gasteiger partial charge on any atom is 0.123 e. The molecule has 1 fully saturated rings. The molecule has 3 nitrogen and oxygen atoms in total. The molecule has 1 aromatic carbocycles. The zero-order valence-corrected chi connectivity index (χ0v) is 13.4. The molecule has 0 spiro atoms. The largest absolute Gasteiger partial charge is 0.393 e. The molecule has 22 heavy (non-hydrogen) atoms. The molecule has 0 aliphatic carbocycles. The van der Waals surface area contributed by atoms with Gasteiger partial charge in [-0.1, -0.05) is 6.08 Å². The van der Waals surface area contributed by atoms with Crippen molar-refractivity contribution in [3.8, 4) is 0 Å². The molecule has 4 heteroatoms. The fraction of sp³-hybridized carbons (Fsp3) is 0.556. The summed E-state index contributed by atoms with van der Waals surface area (Å²) in [5.74, 6) is -0.199. The van der Waals surface area contributed by atoms with Crippen molar-refractivity contribution >= 4 is 5.69 Å². The minimum absolute atomic E-state index is 0.0994. The van der Waals surface area contributed by atoms with E-state index in [1.807, 2.05) is 12.1 Å². The van der Waals surface area contributed by atoms with Crippen LogP contribution in [0.5, 0.6) is 0 Å². The molecule has 0 amide bonds. The van der Waals surface area contributed by atoms with E-state index in [-0.39, 0.29) is 18.0 Å². The van der Waals surface area contributed by atoms with Gasteiger partial charge in [-0.05, 0) is 62.9 Å². The van der Waals surface area contributed by atoms with Gasteiger partial charge < -0.3 is 15.3 Å². The van der Waals surface area contributed by atoms with Gasteiger partial charge in [0.1, 0.15) is 5.82 Å². The van der Waals surface area contributed by atoms with Crippen LogP contribution in [-0.2, 0) is 0 Å². The summed E-state index contributed by atoms with van der Waals surface area (Å²) in [6.45, 7) is 8.33. The van der Waals surface area contributed by atoms with Crippen molar-refractivity contribution in [1.82, 2.24) is 5.32 Å². The molecular formula is C18H27FN2O. The van der Waals surface area contributed by atoms with E-state index in [1.54, 1.807) is 6.07 Å². The molecule has 2 rings (SSSR count). The summed E-state index contributed by atoms with van der Waals surface area (Å²) in [4.78, 5) is 2.25. The first kappa shape index (κ1) is 17.0. The van der Waals surface area contributed by atoms with Crippen LogP contribution in [0.2, 0.25) is 0 Å². The Morgan fingerprint density at radius 2 is 2.18 bits per heavy atom. The number of aliphatic hydroxyl groups is 1. The molecule has 1 aliphatic heterocycles. The van der Waals surface area contributed by atoms with Crippen LogP contribution in [0.25, 0.3) is 0 Å². The Morgan fingerprint density at radius 3 is 2.86 bits per heavy atom. The van der Waals surface area contributed by atoms with Crippen LogP contribution in [0.1, 0.15) is 44.2 Å². The first-order valence-corrected chi connectivity index (χ1v) is 8.18. The van der Waals surface area contributed by atoms with Crippen LogP contribution in [-0.4, -0.2) is 30.8 Å². The number of unbranched alkanes of at least 4 members (excludes halogenated alkanes) is 1. The Balaban J connectivity index is 2.08. The van der Waals surface area contributed by atoms with E-state index in [9.17, 15) is 9.50 Å². The second-order valence-electron chi connectivity index (χ2n) is 6.03. The van der Waals surface area contributed by atoms with Crippen LogP contribution in [0.3, 0.4) is 0 Å². The number of nitrogens with zero attached hydrogens (tertiary/aromatic N) is 1. The Labute approximate surface area is 132 Å². The maximum atomic E-state index is 13.7. The number of anilines is 1. The third-order valence-corrected chi connectivity index (χ3v) is 4.30. The third-order valence-electron chi connectivity index (χ3n) is 4.30. The molecule has 1 atom stereocenters. The molecule has 2 N–H and O–H groups in total. The summed E-state index contributed by atoms with van der Waals surface area (Å²) < 4.78 is 13.7. The van der Waals surface area contributed by atoms with E-state index >= 15 is 0 Å². The van der Waals surface area contributed by atoms with Gasteiger partial charge in [0, 0.05) is 24.8 Å². The second-order valence-corrected chi connectivity index (χ2v) is 6.03. The molecular weight excluding hydrogens is 279 g/mol. The number of nitrogens with one attached hydrogen (secondary N) is 1. The van der Waals surface area contributed by atoms with Gasteiger partial charge in [0.15, 0.2) is 0 Å². The van der Waals surface area contributed by atoms with E-state index in [2.05, 4.69) is 23.7 Å². The van der Waals surface area contributed by atoms with Gasteiger partial charge in [0.05, 0.1) is 6.10 Å². The SMILES string of the molecule is C=CCCCNC(C)c1cc(F)ccc1N1CCC(O)CC1. The molecule has 1 unspecified atom stereocenters. The van der Waals surface area contributed by atoms with E-state index in [0.717, 1.165) is 56.6 Å². The van der Waals surface area contributed by atoms with Gasteiger partial charge in [-0.2, -0.15) is 0 Å². The lowest BCUT2D eigenvalue weighted by Gasteiger charge is -2.34. The molecule has 1 aliphatic rings. The minimum Gasteiger partial charge on any atom is -0.393 e. The van der Waals surface area contributed by atoms with E-state index in [1.165, 1.54) is 6.07 Å². The highest BCUT2D eigenvalue weighted by Gasteiger charge is 2.21. The zero-order chi connectivity index (χ0) is 15.9. The van der Waals surface area contributed by atoms with Crippen molar-refractivity contribution in [1.29, 1.82) is 0 Å². The quantitative estimate of drug-likeness (QED) is 0.598. The van der Waals surface area contributed by atoms with Crippen molar-refractivity contribution in [2.45, 2.75) is 44.8 Å². The predicted molar refractivity (Wildman–Crippen MR) is 89.7 cm³/mol. The van der Waals surface area contributed by atoms with Gasteiger partial charge >= 0.3 is 0 Å². The van der Waals surface area contributed by atoms with Gasteiger partial charge in [-0.3, -0.25) is 0 Å². The highest BCUT2D eigenvalue weighted by atomic mass is 19.1. The summed E-state index contributed by atoms with van der Waals surface area (Å²) in [6.07, 6.45) is 5.29. The van der Waals surface area contributed by atoms with E-state index in [0.29, 0.717) is 0 Å². The highest BCUT2D eigenvalue weighted by molar-refractivity contribution is 5.55. The smallest absolute Gasteiger partial charge is 0.123 e. The molecule has 0 radical (unpaired) electrons. The van der Waals surface area contributed by atoms with Gasteiger partial charge in [0.2, 0.25) is 0 Å². The van der Waals surface area contributed by atoms with E-state index < -0.39 is 0 Å². The zero-order valence-electron chi connectivity index (χ0n) is 13.4. The number of piperidine rings is 1. The second kappa shape index (κ2) is 8.30. The number of allylic oxidation sites excluding steroid dienone is 1. The Kier molecular flexibility index (Phi) is 6.40. The summed E-state index contributed by atoms with van der Waals surface area (Å²) in [5.41, 5.74) is 2.08. The number of aliphatic hydroxyl groups excluding tert-OH is 1. The standard InChI is InChI=1S/C18H27FN2O/c1-3-4-5-10-20-14(2)17-13-15(19)6-7-18(17)21-11-8-16(22)9-12-21/h3,6-7,13-14,16,20,22H,1,4-5,8-12H2,2H3. The van der Waals surface area contributed by atoms with E-state index in [4.69, 9.17) is 0 Å². The maximum absolute atomic E-state index is 13.7. The third kappa shape index (κ3) is 4.55. The number of hydrogen-bond acceptors (Lipinski definition) is 3. The number of hydrogen-bond donors (Lipinski definition) is 2. The average molecular weight is 306 g/mol. The Morgan fingerprint density at radius 1 is 1.45 bits per heavy atom. The number of rotatable bonds is 7. The predicted octanol–water partition coefficient (Wildman–Crippen LogP) is 3.40. The summed E-state index contributed by atoms with van der Waals surface area (Å²) in [6, 6.07) is 5.12. The van der Waals surface area contributed by atoms with Crippen molar-refractivity contribution in [3.05, 3.63) is 42.2 Å². The van der Waals surface area contributed by atoms with Gasteiger partial charge in [-0.15, -0.1) is 6.58 Å². The molecule has 122 valence electrons. The van der Waals surface area contributed by atoms with Gasteiger partial charge in [0.25, 0.3) is 0 Å². The lowest BCUT2D eigenvalue weighted by molar-refractivity contribution is 0.145. The molecule has 0 saturated carbocycles. The van der Waals surface area contributed by atoms with Crippen LogP contribution in [0.15, 0.2) is 30.9 Å². The van der Waals surface area contributed by atoms with Crippen molar-refractivity contribution in [2.75, 3.05) is 24.5 Å². The monoisotopic (exact) mass is 306 g/mol. The fourth-order valence-corrected chi connectivity index (χ4v) is 2.94. The van der Waals surface area contributed by atoms with Crippen LogP contribution in [0, 0.1) is 5.82 Å². The summed E-state index contributed by atoms with van der Waals surface area (Å²) >= 11 is 0. The lowest BCUT2D eigenvalue weighted by Crippen LogP contribution is -2.37. The topological polar surface area (TPSA) is 35.5 Å². The van der Waals surface area contributed by atoms with Crippen molar-refractivity contribution in [2.24, 2.45) is 0 Å². The molecule has 1 heterocycles. The normalized spacial score (nSPS) is 17.5. The average Bonchev–Trinajstić information content (AvgIpc) is 2.52. The first-order valence-electron chi connectivity index (χ1n) is 8.18. The molecule has 0 bridgehead atoms. The highest BCUT2D eigenvalue weighted by Crippen LogP contribution is 2.29. The van der Waals surface area contributed by atoms with Gasteiger partial charge in [-0.25, -0.2) is 4.39 Å². The fourth-order valence-electron chi connectivity index (χ4n) is 2.94. The van der Waals surface area contributed by atoms with Crippen LogP contribution in [0.4, 0.5) is 10.1 Å². The lowest BCUT2D eigenvalue weighted by atomic mass is 10.0. The first-order chi connectivity index (χ1) is 10.6. The number of halogens is 1. The Bertz CT molecular complexity index is 484. The van der Waals surface area contributed by atoms with Crippen LogP contribution >= 0.6 is 0 Å². The summed E-state index contributed by atoms with van der Waals surface area (Å²) in [5, 5.41) is 13.1. The van der Waals surface area contributed by atoms with Crippen LogP contribution < -0.4 is 10.2 Å². The molecule has 1 aromatic rings.